The number of para-hydroxylation sites is 1. The fourth-order valence-electron chi connectivity index (χ4n) is 3.50. The molecule has 9 heteroatoms. The van der Waals surface area contributed by atoms with Gasteiger partial charge in [0.1, 0.15) is 10.7 Å². The minimum absolute atomic E-state index is 0.0231. The normalized spacial score (nSPS) is 14.7. The van der Waals surface area contributed by atoms with E-state index in [9.17, 15) is 9.59 Å². The second-order valence-electron chi connectivity index (χ2n) is 7.84. The first-order valence-corrected chi connectivity index (χ1v) is 11.2. The summed E-state index contributed by atoms with van der Waals surface area (Å²) in [6, 6.07) is 10.0. The van der Waals surface area contributed by atoms with Crippen molar-refractivity contribution in [3.05, 3.63) is 53.8 Å². The summed E-state index contributed by atoms with van der Waals surface area (Å²) >= 11 is 1.44. The van der Waals surface area contributed by atoms with Gasteiger partial charge in [-0.1, -0.05) is 18.2 Å². The van der Waals surface area contributed by atoms with Gasteiger partial charge in [-0.3, -0.25) is 14.5 Å². The molecular formula is C22H26N6O2S. The Kier molecular flexibility index (Phi) is 6.43. The molecule has 4 rings (SSSR count). The summed E-state index contributed by atoms with van der Waals surface area (Å²) in [6.07, 6.45) is 3.68. The molecule has 0 unspecified atom stereocenters. The summed E-state index contributed by atoms with van der Waals surface area (Å²) in [5, 5.41) is 9.89. The average molecular weight is 439 g/mol. The molecule has 0 saturated carbocycles. The zero-order valence-electron chi connectivity index (χ0n) is 17.7. The number of benzene rings is 1. The number of rotatable bonds is 6. The quantitative estimate of drug-likeness (QED) is 0.638. The molecule has 0 aliphatic carbocycles. The highest BCUT2D eigenvalue weighted by molar-refractivity contribution is 7.13. The summed E-state index contributed by atoms with van der Waals surface area (Å²) in [7, 11) is 0. The van der Waals surface area contributed by atoms with Crippen molar-refractivity contribution in [2.45, 2.75) is 19.9 Å². The van der Waals surface area contributed by atoms with E-state index in [1.807, 2.05) is 55.3 Å². The van der Waals surface area contributed by atoms with Crippen LogP contribution in [-0.4, -0.2) is 75.1 Å². The third kappa shape index (κ3) is 5.18. The van der Waals surface area contributed by atoms with E-state index in [1.54, 1.807) is 16.3 Å². The van der Waals surface area contributed by atoms with Gasteiger partial charge in [0, 0.05) is 49.4 Å². The Hall–Kier alpha value is -3.04. The lowest BCUT2D eigenvalue weighted by molar-refractivity contribution is -0.123. The number of amides is 2. The molecule has 1 saturated heterocycles. The number of nitrogens with one attached hydrogen (secondary N) is 1. The second kappa shape index (κ2) is 9.40. The maximum absolute atomic E-state index is 12.9. The lowest BCUT2D eigenvalue weighted by Crippen LogP contribution is -2.51. The molecule has 8 nitrogen and oxygen atoms in total. The predicted octanol–water partition coefficient (Wildman–Crippen LogP) is 2.28. The Bertz CT molecular complexity index is 1040. The molecular weight excluding hydrogens is 412 g/mol. The van der Waals surface area contributed by atoms with E-state index < -0.39 is 0 Å². The first-order valence-electron chi connectivity index (χ1n) is 10.4. The van der Waals surface area contributed by atoms with Gasteiger partial charge in [0.15, 0.2) is 0 Å². The van der Waals surface area contributed by atoms with E-state index in [1.165, 1.54) is 11.3 Å². The first kappa shape index (κ1) is 21.2. The molecule has 2 aromatic heterocycles. The maximum atomic E-state index is 12.9. The van der Waals surface area contributed by atoms with Crippen LogP contribution in [0.15, 0.2) is 48.1 Å². The van der Waals surface area contributed by atoms with E-state index in [-0.39, 0.29) is 17.9 Å². The molecule has 0 bridgehead atoms. The first-order chi connectivity index (χ1) is 15.0. The third-order valence-corrected chi connectivity index (χ3v) is 5.94. The van der Waals surface area contributed by atoms with E-state index in [4.69, 9.17) is 0 Å². The zero-order chi connectivity index (χ0) is 21.8. The lowest BCUT2D eigenvalue weighted by atomic mass is 10.2. The summed E-state index contributed by atoms with van der Waals surface area (Å²) in [5.74, 6) is -0.0424. The number of hydrogen-bond donors (Lipinski definition) is 1. The molecule has 1 N–H and O–H groups in total. The number of thiazole rings is 1. The molecule has 3 aromatic rings. The Morgan fingerprint density at radius 3 is 2.58 bits per heavy atom. The highest BCUT2D eigenvalue weighted by Gasteiger charge is 2.25. The molecule has 3 heterocycles. The van der Waals surface area contributed by atoms with Crippen LogP contribution in [0.5, 0.6) is 0 Å². The summed E-state index contributed by atoms with van der Waals surface area (Å²) in [5.41, 5.74) is 2.31. The van der Waals surface area contributed by atoms with Gasteiger partial charge >= 0.3 is 0 Å². The SMILES string of the molecule is CC(C)NC(=O)CN1CCN(C(=O)c2csc(-c3cnn(-c4ccccc4)c3)n2)CC1. The fourth-order valence-corrected chi connectivity index (χ4v) is 4.27. The van der Waals surface area contributed by atoms with Gasteiger partial charge in [-0.25, -0.2) is 9.67 Å². The van der Waals surface area contributed by atoms with Gasteiger partial charge in [0.2, 0.25) is 5.91 Å². The Morgan fingerprint density at radius 1 is 1.13 bits per heavy atom. The number of nitrogens with zero attached hydrogens (tertiary/aromatic N) is 5. The standard InChI is InChI=1S/C22H26N6O2S/c1-16(2)24-20(29)14-26-8-10-27(11-9-26)22(30)19-15-31-21(25-19)17-12-23-28(13-17)18-6-4-3-5-7-18/h3-7,12-13,15-16H,8-11,14H2,1-2H3,(H,24,29). The number of carbonyl (C=O) groups is 2. The molecule has 0 spiro atoms. The Labute approximate surface area is 185 Å². The van der Waals surface area contributed by atoms with Gasteiger partial charge in [-0.05, 0) is 26.0 Å². The number of carbonyl (C=O) groups excluding carboxylic acids is 2. The maximum Gasteiger partial charge on any atom is 0.273 e. The van der Waals surface area contributed by atoms with Gasteiger partial charge in [-0.15, -0.1) is 11.3 Å². The van der Waals surface area contributed by atoms with E-state index >= 15 is 0 Å². The van der Waals surface area contributed by atoms with Crippen LogP contribution in [0, 0.1) is 0 Å². The van der Waals surface area contributed by atoms with Gasteiger partial charge in [-0.2, -0.15) is 5.10 Å². The van der Waals surface area contributed by atoms with Crippen LogP contribution < -0.4 is 5.32 Å². The van der Waals surface area contributed by atoms with Crippen molar-refractivity contribution in [2.24, 2.45) is 0 Å². The van der Waals surface area contributed by atoms with Crippen LogP contribution in [0.4, 0.5) is 0 Å². The molecule has 31 heavy (non-hydrogen) atoms. The molecule has 1 aliphatic heterocycles. The molecule has 1 fully saturated rings. The van der Waals surface area contributed by atoms with Crippen LogP contribution in [0.2, 0.25) is 0 Å². The largest absolute Gasteiger partial charge is 0.353 e. The minimum Gasteiger partial charge on any atom is -0.353 e. The van der Waals surface area contributed by atoms with Crippen molar-refractivity contribution < 1.29 is 9.59 Å². The molecule has 0 radical (unpaired) electrons. The predicted molar refractivity (Wildman–Crippen MR) is 120 cm³/mol. The Morgan fingerprint density at radius 2 is 1.87 bits per heavy atom. The van der Waals surface area contributed by atoms with Crippen LogP contribution in [-0.2, 0) is 4.79 Å². The molecule has 162 valence electrons. The molecule has 0 atom stereocenters. The summed E-state index contributed by atoms with van der Waals surface area (Å²) in [6.45, 7) is 6.80. The highest BCUT2D eigenvalue weighted by atomic mass is 32.1. The highest BCUT2D eigenvalue weighted by Crippen LogP contribution is 2.25. The summed E-state index contributed by atoms with van der Waals surface area (Å²) < 4.78 is 1.80. The minimum atomic E-state index is -0.0655. The van der Waals surface area contributed by atoms with Crippen molar-refractivity contribution in [3.63, 3.8) is 0 Å². The van der Waals surface area contributed by atoms with Gasteiger partial charge in [0.05, 0.1) is 18.4 Å². The number of piperazine rings is 1. The smallest absolute Gasteiger partial charge is 0.273 e. The van der Waals surface area contributed by atoms with Crippen molar-refractivity contribution >= 4 is 23.2 Å². The van der Waals surface area contributed by atoms with Crippen LogP contribution >= 0.6 is 11.3 Å². The van der Waals surface area contributed by atoms with Crippen LogP contribution in [0.25, 0.3) is 16.3 Å². The lowest BCUT2D eigenvalue weighted by Gasteiger charge is -2.34. The van der Waals surface area contributed by atoms with Crippen LogP contribution in [0.3, 0.4) is 0 Å². The molecule has 1 aliphatic rings. The van der Waals surface area contributed by atoms with Crippen molar-refractivity contribution in [1.29, 1.82) is 0 Å². The molecule has 1 aromatic carbocycles. The van der Waals surface area contributed by atoms with Gasteiger partial charge < -0.3 is 10.2 Å². The van der Waals surface area contributed by atoms with Crippen molar-refractivity contribution in [3.8, 4) is 16.3 Å². The second-order valence-corrected chi connectivity index (χ2v) is 8.70. The van der Waals surface area contributed by atoms with Crippen LogP contribution in [0.1, 0.15) is 24.3 Å². The van der Waals surface area contributed by atoms with E-state index in [0.29, 0.717) is 38.4 Å². The topological polar surface area (TPSA) is 83.4 Å². The third-order valence-electron chi connectivity index (χ3n) is 5.05. The average Bonchev–Trinajstić information content (AvgIpc) is 3.44. The van der Waals surface area contributed by atoms with E-state index in [2.05, 4.69) is 20.3 Å². The fraction of sp³-hybridized carbons (Fsp3) is 0.364. The van der Waals surface area contributed by atoms with Gasteiger partial charge in [0.25, 0.3) is 5.91 Å². The molecule has 2 amide bonds. The number of aromatic nitrogens is 3. The Balaban J connectivity index is 1.35. The van der Waals surface area contributed by atoms with Crippen molar-refractivity contribution in [1.82, 2.24) is 29.9 Å². The number of hydrogen-bond acceptors (Lipinski definition) is 6. The zero-order valence-corrected chi connectivity index (χ0v) is 18.5. The summed E-state index contributed by atoms with van der Waals surface area (Å²) in [4.78, 5) is 33.3. The van der Waals surface area contributed by atoms with Crippen molar-refractivity contribution in [2.75, 3.05) is 32.7 Å². The monoisotopic (exact) mass is 438 g/mol. The van der Waals surface area contributed by atoms with E-state index in [0.717, 1.165) is 16.3 Å².